The Kier molecular flexibility index (Phi) is 3.71. The highest BCUT2D eigenvalue weighted by atomic mass is 16.2. The number of hydrogen-bond donors (Lipinski definition) is 2. The molecule has 1 aliphatic rings. The molecule has 5 heteroatoms. The van der Waals surface area contributed by atoms with Gasteiger partial charge < -0.3 is 10.6 Å². The first kappa shape index (κ1) is 13.1. The van der Waals surface area contributed by atoms with Crippen LogP contribution < -0.4 is 10.6 Å². The summed E-state index contributed by atoms with van der Waals surface area (Å²) < 4.78 is 1.64. The van der Waals surface area contributed by atoms with Gasteiger partial charge in [0, 0.05) is 19.1 Å². The molecular formula is C13H22N4O. The average molecular weight is 250 g/mol. The average Bonchev–Trinajstić information content (AvgIpc) is 2.63. The third kappa shape index (κ3) is 2.56. The van der Waals surface area contributed by atoms with Gasteiger partial charge in [0.15, 0.2) is 0 Å². The predicted molar refractivity (Wildman–Crippen MR) is 70.4 cm³/mol. The van der Waals surface area contributed by atoms with Gasteiger partial charge in [-0.15, -0.1) is 0 Å². The highest BCUT2D eigenvalue weighted by molar-refractivity contribution is 5.92. The van der Waals surface area contributed by atoms with Gasteiger partial charge in [-0.25, -0.2) is 0 Å². The number of nitrogens with one attached hydrogen (secondary N) is 2. The zero-order valence-corrected chi connectivity index (χ0v) is 11.5. The van der Waals surface area contributed by atoms with Crippen molar-refractivity contribution in [2.45, 2.75) is 39.3 Å². The number of piperidine rings is 1. The molecule has 1 aromatic heterocycles. The van der Waals surface area contributed by atoms with E-state index < -0.39 is 0 Å². The van der Waals surface area contributed by atoms with E-state index in [2.05, 4.69) is 29.6 Å². The molecule has 3 atom stereocenters. The third-order valence-electron chi connectivity index (χ3n) is 3.75. The van der Waals surface area contributed by atoms with Crippen LogP contribution in [0.5, 0.6) is 0 Å². The van der Waals surface area contributed by atoms with Gasteiger partial charge in [0.05, 0.1) is 5.69 Å². The van der Waals surface area contributed by atoms with Crippen molar-refractivity contribution < 1.29 is 4.79 Å². The molecule has 1 fully saturated rings. The van der Waals surface area contributed by atoms with Crippen molar-refractivity contribution in [3.05, 3.63) is 17.5 Å². The lowest BCUT2D eigenvalue weighted by Crippen LogP contribution is -2.56. The van der Waals surface area contributed by atoms with Crippen LogP contribution in [-0.4, -0.2) is 34.3 Å². The molecule has 3 unspecified atom stereocenters. The minimum absolute atomic E-state index is 0.0366. The molecule has 1 saturated heterocycles. The fourth-order valence-corrected chi connectivity index (χ4v) is 2.65. The number of hydrogen-bond acceptors (Lipinski definition) is 3. The van der Waals surface area contributed by atoms with Crippen molar-refractivity contribution in [2.24, 2.45) is 13.0 Å². The van der Waals surface area contributed by atoms with Crippen LogP contribution in [0.3, 0.4) is 0 Å². The van der Waals surface area contributed by atoms with E-state index in [0.717, 1.165) is 18.7 Å². The molecule has 100 valence electrons. The number of amides is 1. The van der Waals surface area contributed by atoms with Gasteiger partial charge >= 0.3 is 0 Å². The maximum atomic E-state index is 12.2. The summed E-state index contributed by atoms with van der Waals surface area (Å²) >= 11 is 0. The highest BCUT2D eigenvalue weighted by Gasteiger charge is 2.29. The Morgan fingerprint density at radius 3 is 2.83 bits per heavy atom. The number of rotatable bonds is 2. The van der Waals surface area contributed by atoms with Gasteiger partial charge in [0.25, 0.3) is 5.91 Å². The van der Waals surface area contributed by atoms with E-state index in [4.69, 9.17) is 0 Å². The lowest BCUT2D eigenvalue weighted by atomic mass is 9.89. The van der Waals surface area contributed by atoms with Crippen molar-refractivity contribution >= 4 is 5.91 Å². The largest absolute Gasteiger partial charge is 0.346 e. The molecular weight excluding hydrogens is 228 g/mol. The van der Waals surface area contributed by atoms with Gasteiger partial charge in [0.2, 0.25) is 0 Å². The Balaban J connectivity index is 2.08. The Hall–Kier alpha value is -1.36. The molecule has 1 amide bonds. The molecule has 0 saturated carbocycles. The smallest absolute Gasteiger partial charge is 0.269 e. The predicted octanol–water partition coefficient (Wildman–Crippen LogP) is 0.845. The molecule has 0 bridgehead atoms. The molecule has 2 rings (SSSR count). The SMILES string of the molecule is Cc1cc(C(=O)NC2C(C)CCNC2C)n(C)n1. The van der Waals surface area contributed by atoms with Gasteiger partial charge in [-0.1, -0.05) is 6.92 Å². The zero-order chi connectivity index (χ0) is 13.3. The quantitative estimate of drug-likeness (QED) is 0.818. The highest BCUT2D eigenvalue weighted by Crippen LogP contribution is 2.16. The molecule has 1 aliphatic heterocycles. The third-order valence-corrected chi connectivity index (χ3v) is 3.75. The van der Waals surface area contributed by atoms with Crippen LogP contribution in [0, 0.1) is 12.8 Å². The normalized spacial score (nSPS) is 28.1. The van der Waals surface area contributed by atoms with Gasteiger partial charge in [-0.05, 0) is 38.8 Å². The number of nitrogens with zero attached hydrogens (tertiary/aromatic N) is 2. The maximum absolute atomic E-state index is 12.2. The molecule has 0 aromatic carbocycles. The van der Waals surface area contributed by atoms with Crippen molar-refractivity contribution in [3.8, 4) is 0 Å². The first-order chi connectivity index (χ1) is 8.49. The van der Waals surface area contributed by atoms with E-state index in [9.17, 15) is 4.79 Å². The molecule has 2 N–H and O–H groups in total. The summed E-state index contributed by atoms with van der Waals surface area (Å²) in [4.78, 5) is 12.2. The molecule has 0 radical (unpaired) electrons. The lowest BCUT2D eigenvalue weighted by molar-refractivity contribution is 0.0888. The minimum Gasteiger partial charge on any atom is -0.346 e. The van der Waals surface area contributed by atoms with Gasteiger partial charge in [-0.2, -0.15) is 5.10 Å². The molecule has 0 spiro atoms. The molecule has 18 heavy (non-hydrogen) atoms. The van der Waals surface area contributed by atoms with E-state index in [1.54, 1.807) is 11.7 Å². The number of carbonyl (C=O) groups excluding carboxylic acids is 1. The van der Waals surface area contributed by atoms with Crippen molar-refractivity contribution in [1.29, 1.82) is 0 Å². The number of carbonyl (C=O) groups is 1. The van der Waals surface area contributed by atoms with Gasteiger partial charge in [-0.3, -0.25) is 9.48 Å². The van der Waals surface area contributed by atoms with E-state index in [1.807, 2.05) is 13.0 Å². The number of aryl methyl sites for hydroxylation is 2. The van der Waals surface area contributed by atoms with Crippen LogP contribution in [0.15, 0.2) is 6.07 Å². The topological polar surface area (TPSA) is 59.0 Å². The Bertz CT molecular complexity index is 430. The minimum atomic E-state index is -0.0366. The van der Waals surface area contributed by atoms with E-state index in [0.29, 0.717) is 17.7 Å². The molecule has 5 nitrogen and oxygen atoms in total. The Labute approximate surface area is 108 Å². The van der Waals surface area contributed by atoms with Crippen molar-refractivity contribution in [3.63, 3.8) is 0 Å². The second kappa shape index (κ2) is 5.10. The van der Waals surface area contributed by atoms with Crippen LogP contribution in [0.1, 0.15) is 36.5 Å². The number of aromatic nitrogens is 2. The summed E-state index contributed by atoms with van der Waals surface area (Å²) in [5.74, 6) is 0.463. The fraction of sp³-hybridized carbons (Fsp3) is 0.692. The van der Waals surface area contributed by atoms with Gasteiger partial charge in [0.1, 0.15) is 5.69 Å². The van der Waals surface area contributed by atoms with E-state index in [1.165, 1.54) is 0 Å². The van der Waals surface area contributed by atoms with Crippen LogP contribution >= 0.6 is 0 Å². The standard InChI is InChI=1S/C13H22N4O/c1-8-5-6-14-10(3)12(8)15-13(18)11-7-9(2)16-17(11)4/h7-8,10,12,14H,5-6H2,1-4H3,(H,15,18). The summed E-state index contributed by atoms with van der Waals surface area (Å²) in [7, 11) is 1.80. The summed E-state index contributed by atoms with van der Waals surface area (Å²) in [6.07, 6.45) is 1.10. The Morgan fingerprint density at radius 1 is 1.56 bits per heavy atom. The second-order valence-corrected chi connectivity index (χ2v) is 5.30. The lowest BCUT2D eigenvalue weighted by Gasteiger charge is -2.35. The summed E-state index contributed by atoms with van der Waals surface area (Å²) in [5.41, 5.74) is 1.49. The van der Waals surface area contributed by atoms with Crippen molar-refractivity contribution in [1.82, 2.24) is 20.4 Å². The fourth-order valence-electron chi connectivity index (χ4n) is 2.65. The summed E-state index contributed by atoms with van der Waals surface area (Å²) in [6, 6.07) is 2.31. The van der Waals surface area contributed by atoms with Crippen LogP contribution in [-0.2, 0) is 7.05 Å². The maximum Gasteiger partial charge on any atom is 0.269 e. The first-order valence-corrected chi connectivity index (χ1v) is 6.54. The van der Waals surface area contributed by atoms with E-state index >= 15 is 0 Å². The summed E-state index contributed by atoms with van der Waals surface area (Å²) in [6.45, 7) is 7.23. The van der Waals surface area contributed by atoms with Crippen molar-refractivity contribution in [2.75, 3.05) is 6.54 Å². The van der Waals surface area contributed by atoms with Crippen LogP contribution in [0.25, 0.3) is 0 Å². The summed E-state index contributed by atoms with van der Waals surface area (Å²) in [5, 5.41) is 10.7. The van der Waals surface area contributed by atoms with E-state index in [-0.39, 0.29) is 11.9 Å². The molecule has 0 aliphatic carbocycles. The molecule has 1 aromatic rings. The monoisotopic (exact) mass is 250 g/mol. The Morgan fingerprint density at radius 2 is 2.28 bits per heavy atom. The van der Waals surface area contributed by atoms with Crippen LogP contribution in [0.4, 0.5) is 0 Å². The first-order valence-electron chi connectivity index (χ1n) is 6.54. The molecule has 2 heterocycles. The second-order valence-electron chi connectivity index (χ2n) is 5.30. The zero-order valence-electron chi connectivity index (χ0n) is 11.5. The van der Waals surface area contributed by atoms with Crippen LogP contribution in [0.2, 0.25) is 0 Å².